The molecule has 18 heavy (non-hydrogen) atoms. The summed E-state index contributed by atoms with van der Waals surface area (Å²) in [5, 5.41) is 3.49. The highest BCUT2D eigenvalue weighted by Gasteiger charge is 2.19. The average Bonchev–Trinajstić information content (AvgIpc) is 3.13. The number of nitrogens with one attached hydrogen (secondary N) is 1. The van der Waals surface area contributed by atoms with Gasteiger partial charge in [0.15, 0.2) is 0 Å². The van der Waals surface area contributed by atoms with Crippen LogP contribution in [0.15, 0.2) is 29.8 Å². The van der Waals surface area contributed by atoms with E-state index in [-0.39, 0.29) is 5.82 Å². The zero-order chi connectivity index (χ0) is 13.0. The van der Waals surface area contributed by atoms with Crippen LogP contribution in [-0.2, 0) is 6.42 Å². The van der Waals surface area contributed by atoms with Crippen molar-refractivity contribution in [2.24, 2.45) is 0 Å². The van der Waals surface area contributed by atoms with Gasteiger partial charge in [0.25, 0.3) is 0 Å². The van der Waals surface area contributed by atoms with Gasteiger partial charge in [-0.05, 0) is 69.3 Å². The summed E-state index contributed by atoms with van der Waals surface area (Å²) in [5.74, 6) is -0.140. The second kappa shape index (κ2) is 6.14. The number of rotatable bonds is 6. The third-order valence-electron chi connectivity index (χ3n) is 3.43. The van der Waals surface area contributed by atoms with Gasteiger partial charge in [0.2, 0.25) is 0 Å². The minimum absolute atomic E-state index is 0.140. The Balaban J connectivity index is 1.82. The maximum Gasteiger partial charge on any atom is 0.123 e. The first-order valence-electron chi connectivity index (χ1n) is 6.79. The van der Waals surface area contributed by atoms with E-state index in [9.17, 15) is 4.39 Å². The molecule has 0 unspecified atom stereocenters. The van der Waals surface area contributed by atoms with Crippen molar-refractivity contribution in [3.8, 4) is 0 Å². The summed E-state index contributed by atoms with van der Waals surface area (Å²) in [4.78, 5) is 0. The molecule has 0 heterocycles. The number of allylic oxidation sites excluding steroid dienone is 1. The van der Waals surface area contributed by atoms with Gasteiger partial charge in [-0.2, -0.15) is 0 Å². The Morgan fingerprint density at radius 1 is 1.44 bits per heavy atom. The molecule has 0 radical (unpaired) electrons. The van der Waals surface area contributed by atoms with E-state index in [2.05, 4.69) is 18.3 Å². The minimum Gasteiger partial charge on any atom is -0.314 e. The highest BCUT2D eigenvalue weighted by Crippen LogP contribution is 2.18. The van der Waals surface area contributed by atoms with Crippen molar-refractivity contribution in [1.82, 2.24) is 5.32 Å². The first-order valence-corrected chi connectivity index (χ1v) is 6.79. The van der Waals surface area contributed by atoms with Crippen molar-refractivity contribution in [2.75, 3.05) is 6.54 Å². The van der Waals surface area contributed by atoms with E-state index in [1.54, 1.807) is 6.07 Å². The van der Waals surface area contributed by atoms with E-state index < -0.39 is 0 Å². The molecule has 1 saturated carbocycles. The Hall–Kier alpha value is -1.15. The monoisotopic (exact) mass is 247 g/mol. The van der Waals surface area contributed by atoms with Crippen LogP contribution in [0.5, 0.6) is 0 Å². The number of hydrogen-bond acceptors (Lipinski definition) is 1. The lowest BCUT2D eigenvalue weighted by Gasteiger charge is -2.07. The van der Waals surface area contributed by atoms with Crippen molar-refractivity contribution in [3.05, 3.63) is 46.8 Å². The average molecular weight is 247 g/mol. The normalized spacial score (nSPS) is 16.1. The summed E-state index contributed by atoms with van der Waals surface area (Å²) in [6.07, 6.45) is 6.86. The predicted octanol–water partition coefficient (Wildman–Crippen LogP) is 3.77. The van der Waals surface area contributed by atoms with Crippen molar-refractivity contribution < 1.29 is 4.39 Å². The Kier molecular flexibility index (Phi) is 4.54. The molecular weight excluding hydrogens is 225 g/mol. The van der Waals surface area contributed by atoms with Gasteiger partial charge < -0.3 is 5.32 Å². The lowest BCUT2D eigenvalue weighted by Crippen LogP contribution is -2.16. The topological polar surface area (TPSA) is 12.0 Å². The standard InChI is InChI=1S/C16H22FN/c1-12(4-3-9-18-16-7-8-16)10-14-11-15(17)6-5-13(14)2/h4-6,11,16,18H,3,7-10H2,1-2H3/b12-4-. The highest BCUT2D eigenvalue weighted by molar-refractivity contribution is 5.30. The molecule has 2 rings (SSSR count). The summed E-state index contributed by atoms with van der Waals surface area (Å²) in [7, 11) is 0. The van der Waals surface area contributed by atoms with E-state index in [1.807, 2.05) is 13.0 Å². The largest absolute Gasteiger partial charge is 0.314 e. The second-order valence-corrected chi connectivity index (χ2v) is 5.32. The van der Waals surface area contributed by atoms with E-state index >= 15 is 0 Å². The Labute approximate surface area is 109 Å². The fourth-order valence-corrected chi connectivity index (χ4v) is 2.10. The van der Waals surface area contributed by atoms with Crippen LogP contribution < -0.4 is 5.32 Å². The van der Waals surface area contributed by atoms with Crippen molar-refractivity contribution in [3.63, 3.8) is 0 Å². The van der Waals surface area contributed by atoms with Crippen LogP contribution in [0, 0.1) is 12.7 Å². The molecule has 0 amide bonds. The SMILES string of the molecule is C/C(=C/CCNC1CC1)Cc1cc(F)ccc1C. The molecular formula is C16H22FN. The maximum atomic E-state index is 13.2. The number of aryl methyl sites for hydroxylation is 1. The first-order chi connectivity index (χ1) is 8.65. The van der Waals surface area contributed by atoms with E-state index in [0.29, 0.717) is 0 Å². The van der Waals surface area contributed by atoms with Crippen molar-refractivity contribution in [1.29, 1.82) is 0 Å². The molecule has 1 N–H and O–H groups in total. The summed E-state index contributed by atoms with van der Waals surface area (Å²) < 4.78 is 13.2. The van der Waals surface area contributed by atoms with Crippen LogP contribution in [0.3, 0.4) is 0 Å². The third-order valence-corrected chi connectivity index (χ3v) is 3.43. The minimum atomic E-state index is -0.140. The molecule has 0 bridgehead atoms. The molecule has 1 aliphatic rings. The van der Waals surface area contributed by atoms with Crippen LogP contribution in [0.4, 0.5) is 4.39 Å². The predicted molar refractivity (Wildman–Crippen MR) is 74.2 cm³/mol. The summed E-state index contributed by atoms with van der Waals surface area (Å²) in [5.41, 5.74) is 3.58. The zero-order valence-corrected chi connectivity index (χ0v) is 11.3. The van der Waals surface area contributed by atoms with Crippen LogP contribution in [0.1, 0.15) is 37.3 Å². The number of halogens is 1. The molecule has 1 nitrogen and oxygen atoms in total. The number of hydrogen-bond donors (Lipinski definition) is 1. The Morgan fingerprint density at radius 3 is 2.94 bits per heavy atom. The third kappa shape index (κ3) is 4.26. The molecule has 1 fully saturated rings. The van der Waals surface area contributed by atoms with Crippen LogP contribution in [0.2, 0.25) is 0 Å². The van der Waals surface area contributed by atoms with Crippen molar-refractivity contribution >= 4 is 0 Å². The van der Waals surface area contributed by atoms with Crippen LogP contribution >= 0.6 is 0 Å². The molecule has 1 aliphatic carbocycles. The first kappa shape index (κ1) is 13.3. The smallest absolute Gasteiger partial charge is 0.123 e. The summed E-state index contributed by atoms with van der Waals surface area (Å²) in [6, 6.07) is 5.81. The molecule has 0 aromatic heterocycles. The lowest BCUT2D eigenvalue weighted by molar-refractivity contribution is 0.625. The molecule has 0 saturated heterocycles. The van der Waals surface area contributed by atoms with Crippen molar-refractivity contribution in [2.45, 2.75) is 45.6 Å². The Morgan fingerprint density at radius 2 is 2.22 bits per heavy atom. The van der Waals surface area contributed by atoms with E-state index in [1.165, 1.54) is 30.0 Å². The molecule has 0 atom stereocenters. The van der Waals surface area contributed by atoms with Gasteiger partial charge in [-0.15, -0.1) is 0 Å². The van der Waals surface area contributed by atoms with E-state index in [0.717, 1.165) is 31.0 Å². The number of benzene rings is 1. The molecule has 1 aromatic rings. The van der Waals surface area contributed by atoms with Gasteiger partial charge in [0.05, 0.1) is 0 Å². The van der Waals surface area contributed by atoms with Gasteiger partial charge in [0.1, 0.15) is 5.82 Å². The zero-order valence-electron chi connectivity index (χ0n) is 11.3. The quantitative estimate of drug-likeness (QED) is 0.596. The van der Waals surface area contributed by atoms with Gasteiger partial charge in [-0.25, -0.2) is 4.39 Å². The van der Waals surface area contributed by atoms with E-state index in [4.69, 9.17) is 0 Å². The summed E-state index contributed by atoms with van der Waals surface area (Å²) in [6.45, 7) is 5.22. The maximum absolute atomic E-state index is 13.2. The second-order valence-electron chi connectivity index (χ2n) is 5.32. The fourth-order valence-electron chi connectivity index (χ4n) is 2.10. The van der Waals surface area contributed by atoms with Crippen LogP contribution in [-0.4, -0.2) is 12.6 Å². The highest BCUT2D eigenvalue weighted by atomic mass is 19.1. The molecule has 0 aliphatic heterocycles. The fraction of sp³-hybridized carbons (Fsp3) is 0.500. The molecule has 0 spiro atoms. The van der Waals surface area contributed by atoms with Gasteiger partial charge >= 0.3 is 0 Å². The summed E-state index contributed by atoms with van der Waals surface area (Å²) >= 11 is 0. The molecule has 98 valence electrons. The Bertz CT molecular complexity index is 433. The molecule has 2 heteroatoms. The van der Waals surface area contributed by atoms with Gasteiger partial charge in [-0.3, -0.25) is 0 Å². The molecule has 1 aromatic carbocycles. The van der Waals surface area contributed by atoms with Gasteiger partial charge in [0, 0.05) is 6.04 Å². The van der Waals surface area contributed by atoms with Gasteiger partial charge in [-0.1, -0.05) is 17.7 Å². The lowest BCUT2D eigenvalue weighted by atomic mass is 10.0. The van der Waals surface area contributed by atoms with Crippen LogP contribution in [0.25, 0.3) is 0 Å².